The summed E-state index contributed by atoms with van der Waals surface area (Å²) in [5.74, 6) is 0. The normalized spacial score (nSPS) is 12.3. The van der Waals surface area contributed by atoms with Gasteiger partial charge in [-0.15, -0.1) is 0 Å². The lowest BCUT2D eigenvalue weighted by Crippen LogP contribution is -2.38. The van der Waals surface area contributed by atoms with E-state index in [1.54, 1.807) is 0 Å². The Morgan fingerprint density at radius 1 is 0.632 bits per heavy atom. The van der Waals surface area contributed by atoms with E-state index in [0.29, 0.717) is 5.41 Å². The fourth-order valence-corrected chi connectivity index (χ4v) is 3.19. The van der Waals surface area contributed by atoms with Gasteiger partial charge in [-0.05, 0) is 37.8 Å². The van der Waals surface area contributed by atoms with Crippen LogP contribution in [-0.2, 0) is 0 Å². The maximum atomic E-state index is 2.65. The first-order valence-electron chi connectivity index (χ1n) is 8.90. The van der Waals surface area contributed by atoms with Crippen molar-refractivity contribution in [3.63, 3.8) is 0 Å². The summed E-state index contributed by atoms with van der Waals surface area (Å²) in [6, 6.07) is 0. The fourth-order valence-electron chi connectivity index (χ4n) is 3.19. The molecule has 0 aromatic rings. The number of unbranched alkanes of at least 4 members (excludes halogenated alkanes) is 3. The zero-order chi connectivity index (χ0) is 14.6. The van der Waals surface area contributed by atoms with E-state index in [2.05, 4.69) is 39.5 Å². The summed E-state index contributed by atoms with van der Waals surface area (Å²) in [7, 11) is 0. The molecule has 0 aliphatic heterocycles. The smallest absolute Gasteiger partial charge is 0.00377 e. The highest BCUT2D eigenvalue weighted by atomic mass is 15.1. The van der Waals surface area contributed by atoms with Gasteiger partial charge in [0.25, 0.3) is 0 Å². The van der Waals surface area contributed by atoms with E-state index in [1.165, 1.54) is 77.4 Å². The first kappa shape index (κ1) is 19.0. The fraction of sp³-hybridized carbons (Fsp3) is 1.00. The van der Waals surface area contributed by atoms with Gasteiger partial charge >= 0.3 is 0 Å². The molecular weight excluding hydrogens is 230 g/mol. The summed E-state index contributed by atoms with van der Waals surface area (Å²) in [5.41, 5.74) is 0.605. The van der Waals surface area contributed by atoms with Gasteiger partial charge in [-0.2, -0.15) is 0 Å². The highest BCUT2D eigenvalue weighted by Gasteiger charge is 2.29. The molecule has 0 bridgehead atoms. The zero-order valence-electron chi connectivity index (χ0n) is 14.4. The van der Waals surface area contributed by atoms with Crippen LogP contribution < -0.4 is 0 Å². The molecule has 116 valence electrons. The van der Waals surface area contributed by atoms with Gasteiger partial charge in [0.15, 0.2) is 0 Å². The van der Waals surface area contributed by atoms with E-state index in [0.717, 1.165) is 0 Å². The van der Waals surface area contributed by atoms with E-state index in [4.69, 9.17) is 0 Å². The highest BCUT2D eigenvalue weighted by Crippen LogP contribution is 2.37. The van der Waals surface area contributed by atoms with Crippen LogP contribution in [0.2, 0.25) is 0 Å². The summed E-state index contributed by atoms with van der Waals surface area (Å²) in [6.07, 6.45) is 12.6. The Hall–Kier alpha value is -0.0400. The van der Waals surface area contributed by atoms with Gasteiger partial charge in [-0.25, -0.2) is 0 Å². The Balaban J connectivity index is 4.74. The minimum Gasteiger partial charge on any atom is -0.303 e. The van der Waals surface area contributed by atoms with Gasteiger partial charge in [-0.3, -0.25) is 0 Å². The Morgan fingerprint density at radius 2 is 1.00 bits per heavy atom. The molecule has 0 N–H and O–H groups in total. The van der Waals surface area contributed by atoms with Crippen molar-refractivity contribution in [1.29, 1.82) is 0 Å². The second kappa shape index (κ2) is 11.8. The predicted octanol–water partition coefficient (Wildman–Crippen LogP) is 5.89. The van der Waals surface area contributed by atoms with Crippen molar-refractivity contribution in [2.75, 3.05) is 19.6 Å². The summed E-state index contributed by atoms with van der Waals surface area (Å²) in [4.78, 5) is 2.65. The van der Waals surface area contributed by atoms with E-state index >= 15 is 0 Å². The van der Waals surface area contributed by atoms with Crippen molar-refractivity contribution in [3.05, 3.63) is 0 Å². The lowest BCUT2D eigenvalue weighted by molar-refractivity contribution is 0.116. The molecule has 1 nitrogen and oxygen atoms in total. The first-order valence-corrected chi connectivity index (χ1v) is 8.90. The lowest BCUT2D eigenvalue weighted by Gasteiger charge is -2.39. The second-order valence-electron chi connectivity index (χ2n) is 6.27. The van der Waals surface area contributed by atoms with Crippen LogP contribution in [-0.4, -0.2) is 24.5 Å². The Morgan fingerprint density at radius 3 is 1.26 bits per heavy atom. The maximum Gasteiger partial charge on any atom is 0.00377 e. The predicted molar refractivity (Wildman–Crippen MR) is 88.8 cm³/mol. The van der Waals surface area contributed by atoms with Crippen LogP contribution in [0, 0.1) is 5.41 Å². The minimum absolute atomic E-state index is 0.605. The first-order chi connectivity index (χ1) is 9.17. The summed E-state index contributed by atoms with van der Waals surface area (Å²) in [5, 5.41) is 0. The molecular formula is C18H39N. The largest absolute Gasteiger partial charge is 0.303 e. The molecule has 0 aromatic carbocycles. The third kappa shape index (κ3) is 7.97. The SMILES string of the molecule is CCCCC(CCCC)(CCCC)CN(CC)CC. The molecule has 0 unspecified atom stereocenters. The van der Waals surface area contributed by atoms with Crippen molar-refractivity contribution in [3.8, 4) is 0 Å². The van der Waals surface area contributed by atoms with Crippen LogP contribution in [0.3, 0.4) is 0 Å². The summed E-state index contributed by atoms with van der Waals surface area (Å²) < 4.78 is 0. The molecule has 0 rings (SSSR count). The topological polar surface area (TPSA) is 3.24 Å². The van der Waals surface area contributed by atoms with Crippen LogP contribution in [0.5, 0.6) is 0 Å². The average molecular weight is 270 g/mol. The van der Waals surface area contributed by atoms with Gasteiger partial charge in [0, 0.05) is 6.54 Å². The summed E-state index contributed by atoms with van der Waals surface area (Å²) in [6.45, 7) is 15.4. The third-order valence-corrected chi connectivity index (χ3v) is 4.64. The Labute approximate surface area is 123 Å². The molecule has 0 heterocycles. The van der Waals surface area contributed by atoms with E-state index in [1.807, 2.05) is 0 Å². The van der Waals surface area contributed by atoms with Crippen LogP contribution in [0.15, 0.2) is 0 Å². The van der Waals surface area contributed by atoms with Crippen LogP contribution in [0.1, 0.15) is 92.4 Å². The maximum absolute atomic E-state index is 2.65. The molecule has 0 atom stereocenters. The van der Waals surface area contributed by atoms with Crippen molar-refractivity contribution in [2.24, 2.45) is 5.41 Å². The Kier molecular flexibility index (Phi) is 11.7. The van der Waals surface area contributed by atoms with Crippen LogP contribution in [0.4, 0.5) is 0 Å². The molecule has 0 fully saturated rings. The van der Waals surface area contributed by atoms with Crippen LogP contribution >= 0.6 is 0 Å². The molecule has 0 radical (unpaired) electrons. The van der Waals surface area contributed by atoms with Crippen molar-refractivity contribution in [2.45, 2.75) is 92.4 Å². The molecule has 0 saturated heterocycles. The molecule has 0 aromatic heterocycles. The van der Waals surface area contributed by atoms with Gasteiger partial charge in [-0.1, -0.05) is 73.1 Å². The molecule has 0 aliphatic carbocycles. The van der Waals surface area contributed by atoms with Gasteiger partial charge < -0.3 is 4.90 Å². The zero-order valence-corrected chi connectivity index (χ0v) is 14.4. The highest BCUT2D eigenvalue weighted by molar-refractivity contribution is 4.82. The minimum atomic E-state index is 0.605. The van der Waals surface area contributed by atoms with Gasteiger partial charge in [0.05, 0.1) is 0 Å². The van der Waals surface area contributed by atoms with Crippen molar-refractivity contribution >= 4 is 0 Å². The number of hydrogen-bond acceptors (Lipinski definition) is 1. The Bertz CT molecular complexity index is 162. The lowest BCUT2D eigenvalue weighted by atomic mass is 9.74. The van der Waals surface area contributed by atoms with Crippen molar-refractivity contribution in [1.82, 2.24) is 4.90 Å². The van der Waals surface area contributed by atoms with E-state index < -0.39 is 0 Å². The van der Waals surface area contributed by atoms with Crippen LogP contribution in [0.25, 0.3) is 0 Å². The number of hydrogen-bond donors (Lipinski definition) is 0. The molecule has 0 amide bonds. The standard InChI is InChI=1S/C18H39N/c1-6-11-14-18(15-12-7-2,16-13-8-3)17-19(9-4)10-5/h6-17H2,1-5H3. The third-order valence-electron chi connectivity index (χ3n) is 4.64. The number of nitrogens with zero attached hydrogens (tertiary/aromatic N) is 1. The second-order valence-corrected chi connectivity index (χ2v) is 6.27. The number of rotatable bonds is 13. The summed E-state index contributed by atoms with van der Waals surface area (Å²) >= 11 is 0. The molecule has 19 heavy (non-hydrogen) atoms. The molecule has 0 saturated carbocycles. The van der Waals surface area contributed by atoms with Gasteiger partial charge in [0.2, 0.25) is 0 Å². The quantitative estimate of drug-likeness (QED) is 0.403. The average Bonchev–Trinajstić information content (AvgIpc) is 2.45. The molecule has 0 aliphatic rings. The van der Waals surface area contributed by atoms with Crippen molar-refractivity contribution < 1.29 is 0 Å². The van der Waals surface area contributed by atoms with E-state index in [9.17, 15) is 0 Å². The monoisotopic (exact) mass is 269 g/mol. The molecule has 0 spiro atoms. The molecule has 1 heteroatoms. The van der Waals surface area contributed by atoms with Gasteiger partial charge in [0.1, 0.15) is 0 Å². The van der Waals surface area contributed by atoms with E-state index in [-0.39, 0.29) is 0 Å².